The molecule has 132 valence electrons. The van der Waals surface area contributed by atoms with E-state index in [1.165, 1.54) is 44.5 Å². The first-order valence-electron chi connectivity index (χ1n) is 7.20. The average molecular weight is 346 g/mol. The zero-order valence-electron chi connectivity index (χ0n) is 14.3. The summed E-state index contributed by atoms with van der Waals surface area (Å²) in [5.74, 6) is -0.296. The summed E-state index contributed by atoms with van der Waals surface area (Å²) >= 11 is 0. The number of benzene rings is 1. The largest absolute Gasteiger partial charge is 0.502 e. The highest BCUT2D eigenvalue weighted by molar-refractivity contribution is 6.18. The molecule has 0 bridgehead atoms. The van der Waals surface area contributed by atoms with Crippen molar-refractivity contribution in [2.45, 2.75) is 0 Å². The molecule has 0 fully saturated rings. The van der Waals surface area contributed by atoms with Gasteiger partial charge in [0, 0.05) is 13.1 Å². The van der Waals surface area contributed by atoms with Gasteiger partial charge in [-0.25, -0.2) is 9.79 Å². The highest BCUT2D eigenvalue weighted by Gasteiger charge is 2.25. The van der Waals surface area contributed by atoms with Crippen LogP contribution in [0.1, 0.15) is 5.56 Å². The van der Waals surface area contributed by atoms with Crippen LogP contribution in [0.25, 0.3) is 6.08 Å². The van der Waals surface area contributed by atoms with Crippen molar-refractivity contribution in [1.82, 2.24) is 4.90 Å². The number of methoxy groups -OCH3 is 3. The molecule has 1 aromatic rings. The monoisotopic (exact) mass is 346 g/mol. The molecule has 0 radical (unpaired) electrons. The predicted octanol–water partition coefficient (Wildman–Crippen LogP) is 1.35. The number of amides is 1. The van der Waals surface area contributed by atoms with Crippen LogP contribution in [0.5, 0.6) is 17.2 Å². The fourth-order valence-electron chi connectivity index (χ4n) is 2.13. The smallest absolute Gasteiger partial charge is 0.330 e. The van der Waals surface area contributed by atoms with Crippen molar-refractivity contribution in [2.24, 2.45) is 4.99 Å². The third-order valence-electron chi connectivity index (χ3n) is 3.48. The number of esters is 1. The summed E-state index contributed by atoms with van der Waals surface area (Å²) in [6.07, 6.45) is 4.10. The Morgan fingerprint density at radius 2 is 1.80 bits per heavy atom. The first-order chi connectivity index (χ1) is 11.9. The molecule has 0 spiro atoms. The molecule has 0 atom stereocenters. The normalized spacial score (nSPS) is 15.7. The van der Waals surface area contributed by atoms with Gasteiger partial charge < -0.3 is 19.3 Å². The number of carbonyl (C=O) groups is 2. The van der Waals surface area contributed by atoms with Gasteiger partial charge in [0.2, 0.25) is 5.75 Å². The molecule has 25 heavy (non-hydrogen) atoms. The molecule has 0 saturated carbocycles. The van der Waals surface area contributed by atoms with Crippen LogP contribution in [0, 0.1) is 0 Å². The molecule has 1 aliphatic rings. The number of nitrogens with zero attached hydrogens (tertiary/aromatic N) is 2. The third-order valence-corrected chi connectivity index (χ3v) is 3.48. The van der Waals surface area contributed by atoms with Gasteiger partial charge in [-0.2, -0.15) is 0 Å². The second kappa shape index (κ2) is 7.52. The third kappa shape index (κ3) is 3.79. The zero-order chi connectivity index (χ0) is 18.6. The van der Waals surface area contributed by atoms with Crippen LogP contribution in [0.2, 0.25) is 0 Å². The number of aromatic hydroxyl groups is 1. The number of hydrogen-bond donors (Lipinski definition) is 1. The minimum absolute atomic E-state index is 0.132. The summed E-state index contributed by atoms with van der Waals surface area (Å²) < 4.78 is 14.7. The Morgan fingerprint density at radius 1 is 1.20 bits per heavy atom. The van der Waals surface area contributed by atoms with Gasteiger partial charge in [-0.1, -0.05) is 0 Å². The Kier molecular flexibility index (Phi) is 5.43. The van der Waals surface area contributed by atoms with Crippen LogP contribution < -0.4 is 9.47 Å². The van der Waals surface area contributed by atoms with Crippen LogP contribution in [-0.4, -0.2) is 56.1 Å². The topological polar surface area (TPSA) is 97.7 Å². The minimum Gasteiger partial charge on any atom is -0.502 e. The summed E-state index contributed by atoms with van der Waals surface area (Å²) in [4.78, 5) is 29.0. The van der Waals surface area contributed by atoms with Crippen molar-refractivity contribution in [3.8, 4) is 17.2 Å². The summed E-state index contributed by atoms with van der Waals surface area (Å²) in [5, 5.41) is 9.93. The number of phenols is 1. The highest BCUT2D eigenvalue weighted by Crippen LogP contribution is 2.37. The molecule has 0 aromatic heterocycles. The van der Waals surface area contributed by atoms with Crippen LogP contribution >= 0.6 is 0 Å². The Labute approximate surface area is 144 Å². The van der Waals surface area contributed by atoms with Crippen LogP contribution in [0.4, 0.5) is 0 Å². The lowest BCUT2D eigenvalue weighted by Gasteiger charge is -2.10. The fourth-order valence-corrected chi connectivity index (χ4v) is 2.13. The fraction of sp³-hybridized carbons (Fsp3) is 0.235. The molecule has 0 unspecified atom stereocenters. The van der Waals surface area contributed by atoms with Crippen molar-refractivity contribution in [3.05, 3.63) is 35.5 Å². The number of rotatable bonds is 5. The molecule has 0 aliphatic carbocycles. The van der Waals surface area contributed by atoms with Gasteiger partial charge in [-0.05, 0) is 29.8 Å². The van der Waals surface area contributed by atoms with Crippen LogP contribution in [0.15, 0.2) is 35.0 Å². The summed E-state index contributed by atoms with van der Waals surface area (Å²) in [6, 6.07) is 3.10. The molecule has 1 aliphatic heterocycles. The van der Waals surface area contributed by atoms with Crippen molar-refractivity contribution in [2.75, 3.05) is 28.4 Å². The van der Waals surface area contributed by atoms with Crippen LogP contribution in [0.3, 0.4) is 0 Å². The minimum atomic E-state index is -0.547. The van der Waals surface area contributed by atoms with Crippen molar-refractivity contribution >= 4 is 23.8 Å². The molecule has 1 N–H and O–H groups in total. The van der Waals surface area contributed by atoms with Gasteiger partial charge in [0.05, 0.1) is 21.3 Å². The molecule has 8 heteroatoms. The lowest BCUT2D eigenvalue weighted by atomic mass is 10.1. The molecular weight excluding hydrogens is 328 g/mol. The van der Waals surface area contributed by atoms with E-state index in [4.69, 9.17) is 9.47 Å². The summed E-state index contributed by atoms with van der Waals surface area (Å²) in [5.41, 5.74) is 0.729. The maximum absolute atomic E-state index is 12.3. The van der Waals surface area contributed by atoms with E-state index in [1.54, 1.807) is 19.2 Å². The van der Waals surface area contributed by atoms with E-state index in [9.17, 15) is 14.7 Å². The van der Waals surface area contributed by atoms with E-state index in [2.05, 4.69) is 9.73 Å². The Morgan fingerprint density at radius 3 is 2.32 bits per heavy atom. The summed E-state index contributed by atoms with van der Waals surface area (Å²) in [6.45, 7) is 0. The number of aliphatic imine (C=N–C) groups is 1. The number of amidine groups is 1. The van der Waals surface area contributed by atoms with E-state index in [0.29, 0.717) is 11.4 Å². The first kappa shape index (κ1) is 18.1. The Hall–Kier alpha value is -3.29. The predicted molar refractivity (Wildman–Crippen MR) is 90.5 cm³/mol. The van der Waals surface area contributed by atoms with Crippen molar-refractivity contribution in [3.63, 3.8) is 0 Å². The van der Waals surface area contributed by atoms with Gasteiger partial charge in [0.15, 0.2) is 11.5 Å². The Balaban J connectivity index is 2.40. The molecule has 8 nitrogen and oxygen atoms in total. The van der Waals surface area contributed by atoms with Gasteiger partial charge >= 0.3 is 5.97 Å². The second-order valence-electron chi connectivity index (χ2n) is 4.99. The van der Waals surface area contributed by atoms with Gasteiger partial charge in [0.1, 0.15) is 11.5 Å². The van der Waals surface area contributed by atoms with Gasteiger partial charge in [0.25, 0.3) is 5.91 Å². The standard InChI is InChI=1S/C17H18N2O6/c1-19-14(5-6-15(20)25-4)18-11(17(19)22)7-10-8-12(23-2)16(21)13(9-10)24-3/h5-9,21H,1-4H3/b6-5+,11-7-. The lowest BCUT2D eigenvalue weighted by Crippen LogP contribution is -2.26. The Bertz CT molecular complexity index is 769. The van der Waals surface area contributed by atoms with Crippen molar-refractivity contribution in [1.29, 1.82) is 0 Å². The number of phenolic OH excluding ortho intramolecular Hbond substituents is 1. The zero-order valence-corrected chi connectivity index (χ0v) is 14.3. The lowest BCUT2D eigenvalue weighted by molar-refractivity contribution is -0.134. The molecule has 1 heterocycles. The van der Waals surface area contributed by atoms with E-state index in [-0.39, 0.29) is 28.9 Å². The van der Waals surface area contributed by atoms with E-state index in [0.717, 1.165) is 0 Å². The SMILES string of the molecule is COC(=O)/C=C/C1=NC(=C\c2cc(OC)c(O)c(OC)c2)/C(=O)N1C. The average Bonchev–Trinajstić information content (AvgIpc) is 2.88. The quantitative estimate of drug-likeness (QED) is 0.638. The van der Waals surface area contributed by atoms with Gasteiger partial charge in [-0.3, -0.25) is 9.69 Å². The molecule has 2 rings (SSSR count). The number of likely N-dealkylation sites (N-methyl/N-ethyl adjacent to an activating group) is 1. The molecule has 1 aromatic carbocycles. The number of ether oxygens (including phenoxy) is 3. The molecule has 0 saturated heterocycles. The van der Waals surface area contributed by atoms with Gasteiger partial charge in [-0.15, -0.1) is 0 Å². The number of carbonyl (C=O) groups excluding carboxylic acids is 2. The second-order valence-corrected chi connectivity index (χ2v) is 4.99. The number of hydrogen-bond acceptors (Lipinski definition) is 7. The molecular formula is C17H18N2O6. The van der Waals surface area contributed by atoms with E-state index in [1.807, 2.05) is 0 Å². The first-order valence-corrected chi connectivity index (χ1v) is 7.20. The maximum atomic E-state index is 12.3. The maximum Gasteiger partial charge on any atom is 0.330 e. The highest BCUT2D eigenvalue weighted by atomic mass is 16.5. The summed E-state index contributed by atoms with van der Waals surface area (Å²) in [7, 11) is 5.62. The molecule has 1 amide bonds. The van der Waals surface area contributed by atoms with E-state index < -0.39 is 5.97 Å². The van der Waals surface area contributed by atoms with Crippen molar-refractivity contribution < 1.29 is 28.9 Å². The van der Waals surface area contributed by atoms with Crippen LogP contribution in [-0.2, 0) is 14.3 Å². The van der Waals surface area contributed by atoms with E-state index >= 15 is 0 Å².